The molecular weight excluding hydrogens is 286 g/mol. The maximum Gasteiger partial charge on any atom is 0.264 e. The first kappa shape index (κ1) is 14.3. The van der Waals surface area contributed by atoms with Crippen molar-refractivity contribution in [3.63, 3.8) is 0 Å². The predicted molar refractivity (Wildman–Crippen MR) is 72.8 cm³/mol. The van der Waals surface area contributed by atoms with E-state index in [2.05, 4.69) is 4.72 Å². The quantitative estimate of drug-likeness (QED) is 0.856. The van der Waals surface area contributed by atoms with Crippen LogP contribution in [0.4, 0.5) is 20.2 Å². The second-order valence-electron chi connectivity index (χ2n) is 4.22. The van der Waals surface area contributed by atoms with Crippen molar-refractivity contribution in [2.75, 3.05) is 10.5 Å². The van der Waals surface area contributed by atoms with Gasteiger partial charge in [0.2, 0.25) is 0 Å². The molecular formula is C13H12F2N2O2S. The van der Waals surface area contributed by atoms with Gasteiger partial charge in [0.1, 0.15) is 16.5 Å². The number of hydrogen-bond acceptors (Lipinski definition) is 3. The van der Waals surface area contributed by atoms with E-state index in [1.54, 1.807) is 6.92 Å². The summed E-state index contributed by atoms with van der Waals surface area (Å²) in [6.07, 6.45) is 0. The molecule has 20 heavy (non-hydrogen) atoms. The van der Waals surface area contributed by atoms with Gasteiger partial charge in [-0.3, -0.25) is 4.72 Å². The molecule has 0 unspecified atom stereocenters. The Morgan fingerprint density at radius 2 is 1.85 bits per heavy atom. The maximum atomic E-state index is 13.3. The van der Waals surface area contributed by atoms with Gasteiger partial charge in [0.25, 0.3) is 10.0 Å². The normalized spacial score (nSPS) is 11.3. The molecule has 0 saturated carbocycles. The van der Waals surface area contributed by atoms with Crippen LogP contribution < -0.4 is 10.5 Å². The summed E-state index contributed by atoms with van der Waals surface area (Å²) in [5.74, 6) is -1.41. The zero-order valence-corrected chi connectivity index (χ0v) is 11.3. The number of nitrogens with one attached hydrogen (secondary N) is 1. The summed E-state index contributed by atoms with van der Waals surface area (Å²) in [7, 11) is -4.09. The molecule has 7 heteroatoms. The highest BCUT2D eigenvalue weighted by molar-refractivity contribution is 7.92. The number of aryl methyl sites for hydroxylation is 1. The van der Waals surface area contributed by atoms with Crippen molar-refractivity contribution in [1.29, 1.82) is 0 Å². The van der Waals surface area contributed by atoms with Gasteiger partial charge in [0.05, 0.1) is 11.4 Å². The predicted octanol–water partition coefficient (Wildman–Crippen LogP) is 2.66. The number of nitrogens with two attached hydrogens (primary N) is 1. The van der Waals surface area contributed by atoms with Crippen LogP contribution in [-0.2, 0) is 10.0 Å². The van der Waals surface area contributed by atoms with E-state index < -0.39 is 27.3 Å². The van der Waals surface area contributed by atoms with Gasteiger partial charge >= 0.3 is 0 Å². The van der Waals surface area contributed by atoms with E-state index in [9.17, 15) is 17.2 Å². The SMILES string of the molecule is Cc1ccc(F)cc1NS(=O)(=O)c1cccc(F)c1N. The minimum atomic E-state index is -4.09. The molecule has 0 aromatic heterocycles. The number of halogens is 2. The topological polar surface area (TPSA) is 72.2 Å². The van der Waals surface area contributed by atoms with Crippen LogP contribution in [0, 0.1) is 18.6 Å². The highest BCUT2D eigenvalue weighted by Gasteiger charge is 2.20. The fourth-order valence-corrected chi connectivity index (χ4v) is 2.92. The van der Waals surface area contributed by atoms with Crippen molar-refractivity contribution in [2.24, 2.45) is 0 Å². The van der Waals surface area contributed by atoms with Gasteiger partial charge in [-0.2, -0.15) is 0 Å². The molecule has 2 aromatic rings. The van der Waals surface area contributed by atoms with Crippen molar-refractivity contribution >= 4 is 21.4 Å². The van der Waals surface area contributed by atoms with Crippen LogP contribution in [0.25, 0.3) is 0 Å². The summed E-state index contributed by atoms with van der Waals surface area (Å²) in [6, 6.07) is 7.16. The third kappa shape index (κ3) is 2.72. The molecule has 0 saturated heterocycles. The van der Waals surface area contributed by atoms with Crippen LogP contribution in [0.2, 0.25) is 0 Å². The molecule has 0 spiro atoms. The molecule has 0 aliphatic heterocycles. The lowest BCUT2D eigenvalue weighted by Crippen LogP contribution is -2.16. The zero-order chi connectivity index (χ0) is 14.9. The zero-order valence-electron chi connectivity index (χ0n) is 10.5. The van der Waals surface area contributed by atoms with Gasteiger partial charge < -0.3 is 5.73 Å². The molecule has 0 heterocycles. The molecule has 2 rings (SSSR count). The molecule has 106 valence electrons. The Hall–Kier alpha value is -2.15. The van der Waals surface area contributed by atoms with E-state index in [1.165, 1.54) is 24.3 Å². The molecule has 4 nitrogen and oxygen atoms in total. The Kier molecular flexibility index (Phi) is 3.63. The number of para-hydroxylation sites is 1. The molecule has 0 aliphatic carbocycles. The van der Waals surface area contributed by atoms with Gasteiger partial charge in [0, 0.05) is 0 Å². The largest absolute Gasteiger partial charge is 0.395 e. The second kappa shape index (κ2) is 5.09. The van der Waals surface area contributed by atoms with Crippen molar-refractivity contribution in [1.82, 2.24) is 0 Å². The van der Waals surface area contributed by atoms with E-state index in [1.807, 2.05) is 0 Å². The van der Waals surface area contributed by atoms with Crippen LogP contribution in [0.1, 0.15) is 5.56 Å². The van der Waals surface area contributed by atoms with E-state index in [0.717, 1.165) is 12.1 Å². The lowest BCUT2D eigenvalue weighted by Gasteiger charge is -2.12. The Morgan fingerprint density at radius 3 is 2.55 bits per heavy atom. The van der Waals surface area contributed by atoms with Crippen molar-refractivity contribution < 1.29 is 17.2 Å². The number of hydrogen-bond donors (Lipinski definition) is 2. The minimum Gasteiger partial charge on any atom is -0.395 e. The Morgan fingerprint density at radius 1 is 1.15 bits per heavy atom. The van der Waals surface area contributed by atoms with Crippen LogP contribution in [0.3, 0.4) is 0 Å². The highest BCUT2D eigenvalue weighted by atomic mass is 32.2. The molecule has 2 aromatic carbocycles. The van der Waals surface area contributed by atoms with E-state index in [0.29, 0.717) is 5.56 Å². The molecule has 0 aliphatic rings. The third-order valence-electron chi connectivity index (χ3n) is 2.75. The van der Waals surface area contributed by atoms with Gasteiger partial charge in [-0.15, -0.1) is 0 Å². The minimum absolute atomic E-state index is 0.0775. The van der Waals surface area contributed by atoms with Crippen LogP contribution in [0.15, 0.2) is 41.3 Å². The monoisotopic (exact) mass is 298 g/mol. The van der Waals surface area contributed by atoms with E-state index >= 15 is 0 Å². The van der Waals surface area contributed by atoms with Crippen molar-refractivity contribution in [2.45, 2.75) is 11.8 Å². The molecule has 0 bridgehead atoms. The first-order valence-corrected chi connectivity index (χ1v) is 7.12. The average Bonchev–Trinajstić information content (AvgIpc) is 2.36. The number of anilines is 2. The van der Waals surface area contributed by atoms with E-state index in [4.69, 9.17) is 5.73 Å². The maximum absolute atomic E-state index is 13.3. The second-order valence-corrected chi connectivity index (χ2v) is 5.87. The van der Waals surface area contributed by atoms with Gasteiger partial charge in [-0.1, -0.05) is 12.1 Å². The lowest BCUT2D eigenvalue weighted by molar-refractivity contribution is 0.597. The Bertz CT molecular complexity index is 761. The summed E-state index contributed by atoms with van der Waals surface area (Å²) in [5.41, 5.74) is 5.55. The third-order valence-corrected chi connectivity index (χ3v) is 4.17. The van der Waals surface area contributed by atoms with Crippen molar-refractivity contribution in [3.8, 4) is 0 Å². The van der Waals surface area contributed by atoms with Gasteiger partial charge in [-0.25, -0.2) is 17.2 Å². The molecule has 3 N–H and O–H groups in total. The standard InChI is InChI=1S/C13H12F2N2O2S/c1-8-5-6-9(14)7-11(8)17-20(18,19)12-4-2-3-10(15)13(12)16/h2-7,17H,16H2,1H3. The number of benzene rings is 2. The number of rotatable bonds is 3. The summed E-state index contributed by atoms with van der Waals surface area (Å²) < 4.78 is 53.0. The Balaban J connectivity index is 2.46. The number of sulfonamides is 1. The Labute approximate surface area is 115 Å². The van der Waals surface area contributed by atoms with Gasteiger partial charge in [0.15, 0.2) is 0 Å². The lowest BCUT2D eigenvalue weighted by atomic mass is 10.2. The smallest absolute Gasteiger partial charge is 0.264 e. The fraction of sp³-hybridized carbons (Fsp3) is 0.0769. The molecule has 0 fully saturated rings. The van der Waals surface area contributed by atoms with Crippen LogP contribution in [-0.4, -0.2) is 8.42 Å². The first-order valence-electron chi connectivity index (χ1n) is 5.64. The van der Waals surface area contributed by atoms with E-state index in [-0.39, 0.29) is 10.6 Å². The summed E-state index contributed by atoms with van der Waals surface area (Å²) >= 11 is 0. The average molecular weight is 298 g/mol. The summed E-state index contributed by atoms with van der Waals surface area (Å²) in [4.78, 5) is -0.388. The molecule has 0 radical (unpaired) electrons. The highest BCUT2D eigenvalue weighted by Crippen LogP contribution is 2.25. The van der Waals surface area contributed by atoms with Crippen LogP contribution >= 0.6 is 0 Å². The van der Waals surface area contributed by atoms with Crippen molar-refractivity contribution in [3.05, 3.63) is 53.6 Å². The summed E-state index contributed by atoms with van der Waals surface area (Å²) in [6.45, 7) is 1.62. The summed E-state index contributed by atoms with van der Waals surface area (Å²) in [5, 5.41) is 0. The molecule has 0 amide bonds. The van der Waals surface area contributed by atoms with Crippen LogP contribution in [0.5, 0.6) is 0 Å². The fourth-order valence-electron chi connectivity index (χ4n) is 1.66. The number of nitrogen functional groups attached to an aromatic ring is 1. The molecule has 0 atom stereocenters. The van der Waals surface area contributed by atoms with Gasteiger partial charge in [-0.05, 0) is 36.8 Å². The first-order chi connectivity index (χ1) is 9.31.